The maximum Gasteiger partial charge on any atom is -0.00148 e. The van der Waals surface area contributed by atoms with E-state index in [4.69, 9.17) is 0 Å². The largest absolute Gasteiger partial charge is 0.317 e. The van der Waals surface area contributed by atoms with Crippen LogP contribution in [0, 0.1) is 31.6 Å². The summed E-state index contributed by atoms with van der Waals surface area (Å²) < 4.78 is 0. The van der Waals surface area contributed by atoms with Crippen LogP contribution in [0.1, 0.15) is 62.6 Å². The second-order valence-corrected chi connectivity index (χ2v) is 7.35. The molecule has 0 saturated heterocycles. The normalized spacial score (nSPS) is 26.3. The lowest BCUT2D eigenvalue weighted by Gasteiger charge is -2.39. The highest BCUT2D eigenvalue weighted by atomic mass is 14.8. The van der Waals surface area contributed by atoms with Crippen LogP contribution < -0.4 is 5.32 Å². The number of hydrogen-bond donors (Lipinski definition) is 1. The molecule has 0 bridgehead atoms. The van der Waals surface area contributed by atoms with Gasteiger partial charge in [-0.25, -0.2) is 0 Å². The molecule has 0 spiro atoms. The van der Waals surface area contributed by atoms with E-state index in [9.17, 15) is 0 Å². The highest BCUT2D eigenvalue weighted by molar-refractivity contribution is 5.34. The van der Waals surface area contributed by atoms with Crippen LogP contribution in [0.25, 0.3) is 0 Å². The Balaban J connectivity index is 2.23. The van der Waals surface area contributed by atoms with Gasteiger partial charge in [0.25, 0.3) is 0 Å². The van der Waals surface area contributed by atoms with E-state index in [0.29, 0.717) is 0 Å². The summed E-state index contributed by atoms with van der Waals surface area (Å²) in [5, 5.41) is 3.59. The summed E-state index contributed by atoms with van der Waals surface area (Å²) in [4.78, 5) is 0. The minimum Gasteiger partial charge on any atom is -0.317 e. The molecule has 1 heteroatoms. The summed E-state index contributed by atoms with van der Waals surface area (Å²) in [7, 11) is 0. The predicted molar refractivity (Wildman–Crippen MR) is 92.9 cm³/mol. The van der Waals surface area contributed by atoms with Gasteiger partial charge in [-0.3, -0.25) is 0 Å². The van der Waals surface area contributed by atoms with Crippen LogP contribution >= 0.6 is 0 Å². The average molecular weight is 287 g/mol. The fraction of sp³-hybridized carbons (Fsp3) is 0.700. The Morgan fingerprint density at radius 3 is 2.57 bits per heavy atom. The van der Waals surface area contributed by atoms with Crippen LogP contribution in [0.3, 0.4) is 0 Å². The lowest BCUT2D eigenvalue weighted by Crippen LogP contribution is -2.33. The smallest absolute Gasteiger partial charge is 0.00148 e. The van der Waals surface area contributed by atoms with Gasteiger partial charge in [-0.15, -0.1) is 0 Å². The van der Waals surface area contributed by atoms with Gasteiger partial charge in [0.05, 0.1) is 0 Å². The summed E-state index contributed by atoms with van der Waals surface area (Å²) in [5.74, 6) is 3.26. The molecule has 0 aliphatic heterocycles. The van der Waals surface area contributed by atoms with Crippen LogP contribution in [0.15, 0.2) is 18.2 Å². The van der Waals surface area contributed by atoms with Crippen LogP contribution in [-0.4, -0.2) is 13.1 Å². The Morgan fingerprint density at radius 2 is 1.95 bits per heavy atom. The molecule has 0 aromatic heterocycles. The van der Waals surface area contributed by atoms with E-state index < -0.39 is 0 Å². The van der Waals surface area contributed by atoms with Gasteiger partial charge in [0.15, 0.2) is 0 Å². The van der Waals surface area contributed by atoms with E-state index in [1.807, 2.05) is 0 Å². The molecule has 0 amide bonds. The van der Waals surface area contributed by atoms with E-state index >= 15 is 0 Å². The van der Waals surface area contributed by atoms with Crippen molar-refractivity contribution in [2.24, 2.45) is 17.8 Å². The van der Waals surface area contributed by atoms with Crippen LogP contribution in [-0.2, 0) is 0 Å². The highest BCUT2D eigenvalue weighted by Gasteiger charge is 2.33. The van der Waals surface area contributed by atoms with Gasteiger partial charge in [0.2, 0.25) is 0 Å². The SMILES string of the molecule is CCNCC1CCC(C(C)C)CC1c1ccc(C)cc1C. The lowest BCUT2D eigenvalue weighted by molar-refractivity contribution is 0.190. The molecule has 1 saturated carbocycles. The van der Waals surface area contributed by atoms with Crippen molar-refractivity contribution in [3.05, 3.63) is 34.9 Å². The molecule has 1 aliphatic carbocycles. The first-order valence-electron chi connectivity index (χ1n) is 8.80. The Labute approximate surface area is 131 Å². The molecule has 0 radical (unpaired) electrons. The summed E-state index contributed by atoms with van der Waals surface area (Å²) >= 11 is 0. The van der Waals surface area contributed by atoms with Crippen molar-refractivity contribution >= 4 is 0 Å². The first-order valence-corrected chi connectivity index (χ1v) is 8.80. The molecule has 1 aromatic carbocycles. The van der Waals surface area contributed by atoms with Crippen molar-refractivity contribution in [3.8, 4) is 0 Å². The predicted octanol–water partition coefficient (Wildman–Crippen LogP) is 5.07. The quantitative estimate of drug-likeness (QED) is 0.797. The van der Waals surface area contributed by atoms with Gasteiger partial charge in [0.1, 0.15) is 0 Å². The van der Waals surface area contributed by atoms with Crippen molar-refractivity contribution in [1.82, 2.24) is 5.32 Å². The summed E-state index contributed by atoms with van der Waals surface area (Å²) in [6.07, 6.45) is 4.17. The second-order valence-electron chi connectivity index (χ2n) is 7.35. The molecule has 2 rings (SSSR count). The third-order valence-corrected chi connectivity index (χ3v) is 5.46. The van der Waals surface area contributed by atoms with E-state index in [1.165, 1.54) is 36.9 Å². The molecule has 1 aliphatic rings. The molecule has 1 nitrogen and oxygen atoms in total. The topological polar surface area (TPSA) is 12.0 Å². The molecular weight excluding hydrogens is 254 g/mol. The zero-order chi connectivity index (χ0) is 15.4. The minimum absolute atomic E-state index is 0.741. The molecule has 3 unspecified atom stereocenters. The molecule has 1 fully saturated rings. The molecule has 21 heavy (non-hydrogen) atoms. The van der Waals surface area contributed by atoms with Crippen LogP contribution in [0.4, 0.5) is 0 Å². The van der Waals surface area contributed by atoms with Crippen molar-refractivity contribution in [1.29, 1.82) is 0 Å². The number of hydrogen-bond acceptors (Lipinski definition) is 1. The van der Waals surface area contributed by atoms with Crippen molar-refractivity contribution in [2.75, 3.05) is 13.1 Å². The third kappa shape index (κ3) is 4.10. The fourth-order valence-electron chi connectivity index (χ4n) is 4.07. The molecule has 118 valence electrons. The minimum atomic E-state index is 0.741. The molecular formula is C20H33N. The maximum absolute atomic E-state index is 3.59. The van der Waals surface area contributed by atoms with Gasteiger partial charge in [-0.2, -0.15) is 0 Å². The second kappa shape index (κ2) is 7.45. The Bertz CT molecular complexity index is 449. The maximum atomic E-state index is 3.59. The molecule has 0 heterocycles. The lowest BCUT2D eigenvalue weighted by atomic mass is 9.67. The van der Waals surface area contributed by atoms with Gasteiger partial charge in [0, 0.05) is 0 Å². The van der Waals surface area contributed by atoms with Crippen molar-refractivity contribution < 1.29 is 0 Å². The summed E-state index contributed by atoms with van der Waals surface area (Å²) in [6.45, 7) is 13.8. The van der Waals surface area contributed by atoms with E-state index in [0.717, 1.165) is 30.2 Å². The Morgan fingerprint density at radius 1 is 1.19 bits per heavy atom. The molecule has 1 aromatic rings. The summed E-state index contributed by atoms with van der Waals surface area (Å²) in [5.41, 5.74) is 4.48. The van der Waals surface area contributed by atoms with E-state index in [2.05, 4.69) is 58.1 Å². The van der Waals surface area contributed by atoms with Crippen LogP contribution in [0.5, 0.6) is 0 Å². The third-order valence-electron chi connectivity index (χ3n) is 5.46. The zero-order valence-corrected chi connectivity index (χ0v) is 14.6. The standard InChI is InChI=1S/C20H33N/c1-6-21-13-18-9-8-17(14(2)3)12-20(18)19-10-7-15(4)11-16(19)5/h7,10-11,14,17-18,20-21H,6,8-9,12-13H2,1-5H3. The number of benzene rings is 1. The number of rotatable bonds is 5. The average Bonchev–Trinajstić information content (AvgIpc) is 2.45. The van der Waals surface area contributed by atoms with Gasteiger partial charge < -0.3 is 5.32 Å². The highest BCUT2D eigenvalue weighted by Crippen LogP contribution is 2.43. The van der Waals surface area contributed by atoms with Gasteiger partial charge in [-0.1, -0.05) is 44.5 Å². The van der Waals surface area contributed by atoms with E-state index in [1.54, 1.807) is 5.56 Å². The molecule has 1 N–H and O–H groups in total. The van der Waals surface area contributed by atoms with Gasteiger partial charge in [-0.05, 0) is 81.0 Å². The summed E-state index contributed by atoms with van der Waals surface area (Å²) in [6, 6.07) is 7.06. The van der Waals surface area contributed by atoms with Crippen molar-refractivity contribution in [3.63, 3.8) is 0 Å². The Hall–Kier alpha value is -0.820. The monoisotopic (exact) mass is 287 g/mol. The van der Waals surface area contributed by atoms with Gasteiger partial charge >= 0.3 is 0 Å². The Kier molecular flexibility index (Phi) is 5.87. The van der Waals surface area contributed by atoms with Crippen molar-refractivity contribution in [2.45, 2.75) is 59.8 Å². The molecule has 3 atom stereocenters. The van der Waals surface area contributed by atoms with Crippen LogP contribution in [0.2, 0.25) is 0 Å². The first kappa shape index (κ1) is 16.5. The first-order chi connectivity index (χ1) is 10.0. The number of aryl methyl sites for hydroxylation is 2. The zero-order valence-electron chi connectivity index (χ0n) is 14.6. The van der Waals surface area contributed by atoms with E-state index in [-0.39, 0.29) is 0 Å². The number of nitrogens with one attached hydrogen (secondary N) is 1. The fourth-order valence-corrected chi connectivity index (χ4v) is 4.07.